The van der Waals surface area contributed by atoms with Gasteiger partial charge in [-0.05, 0) is 38.6 Å². The van der Waals surface area contributed by atoms with E-state index in [0.29, 0.717) is 24.9 Å². The standard InChI is InChI=1S/C15H26N2O3/c1-3-10-8-12(13(9-10)15(19)20)14(18)16-6-7-17(2)11-4-5-11/h10-13H,3-9H2,1-2H3,(H,16,18)(H,19,20). The van der Waals surface area contributed by atoms with Gasteiger partial charge in [0.1, 0.15) is 0 Å². The van der Waals surface area contributed by atoms with E-state index in [-0.39, 0.29) is 11.8 Å². The Morgan fingerprint density at radius 1 is 1.25 bits per heavy atom. The molecule has 2 rings (SSSR count). The Balaban J connectivity index is 1.78. The van der Waals surface area contributed by atoms with E-state index in [4.69, 9.17) is 0 Å². The fraction of sp³-hybridized carbons (Fsp3) is 0.867. The maximum Gasteiger partial charge on any atom is 0.307 e. The Morgan fingerprint density at radius 3 is 2.45 bits per heavy atom. The summed E-state index contributed by atoms with van der Waals surface area (Å²) in [5.74, 6) is -1.36. The summed E-state index contributed by atoms with van der Waals surface area (Å²) in [6, 6.07) is 0.689. The van der Waals surface area contributed by atoms with E-state index in [1.54, 1.807) is 0 Å². The molecule has 0 radical (unpaired) electrons. The average molecular weight is 282 g/mol. The minimum Gasteiger partial charge on any atom is -0.481 e. The van der Waals surface area contributed by atoms with Crippen molar-refractivity contribution in [1.29, 1.82) is 0 Å². The van der Waals surface area contributed by atoms with Gasteiger partial charge >= 0.3 is 5.97 Å². The topological polar surface area (TPSA) is 69.6 Å². The molecule has 0 aromatic carbocycles. The molecule has 0 heterocycles. The number of nitrogens with one attached hydrogen (secondary N) is 1. The van der Waals surface area contributed by atoms with Crippen LogP contribution in [0.1, 0.15) is 39.0 Å². The summed E-state index contributed by atoms with van der Waals surface area (Å²) in [7, 11) is 2.08. The van der Waals surface area contributed by atoms with Crippen LogP contribution in [0.2, 0.25) is 0 Å². The van der Waals surface area contributed by atoms with E-state index in [1.165, 1.54) is 12.8 Å². The van der Waals surface area contributed by atoms with Gasteiger partial charge in [-0.25, -0.2) is 0 Å². The predicted octanol–water partition coefficient (Wildman–Crippen LogP) is 1.33. The van der Waals surface area contributed by atoms with E-state index in [0.717, 1.165) is 19.4 Å². The quantitative estimate of drug-likeness (QED) is 0.739. The van der Waals surface area contributed by atoms with Crippen LogP contribution in [0.5, 0.6) is 0 Å². The van der Waals surface area contributed by atoms with Crippen LogP contribution in [-0.2, 0) is 9.59 Å². The van der Waals surface area contributed by atoms with Crippen LogP contribution in [0.15, 0.2) is 0 Å². The predicted molar refractivity (Wildman–Crippen MR) is 76.3 cm³/mol. The number of carbonyl (C=O) groups excluding carboxylic acids is 1. The number of hydrogen-bond donors (Lipinski definition) is 2. The highest BCUT2D eigenvalue weighted by molar-refractivity contribution is 5.85. The number of carbonyl (C=O) groups is 2. The van der Waals surface area contributed by atoms with Gasteiger partial charge in [0.2, 0.25) is 5.91 Å². The van der Waals surface area contributed by atoms with Crippen molar-refractivity contribution in [2.24, 2.45) is 17.8 Å². The molecule has 2 aliphatic rings. The van der Waals surface area contributed by atoms with Crippen molar-refractivity contribution in [3.63, 3.8) is 0 Å². The SMILES string of the molecule is CCC1CC(C(=O)O)C(C(=O)NCCN(C)C2CC2)C1. The molecule has 2 N–H and O–H groups in total. The van der Waals surface area contributed by atoms with Crippen molar-refractivity contribution in [3.05, 3.63) is 0 Å². The molecule has 0 bridgehead atoms. The lowest BCUT2D eigenvalue weighted by Gasteiger charge is -2.18. The average Bonchev–Trinajstić information content (AvgIpc) is 3.16. The second kappa shape index (κ2) is 6.57. The van der Waals surface area contributed by atoms with Crippen LogP contribution in [0.3, 0.4) is 0 Å². The number of aliphatic carboxylic acids is 1. The van der Waals surface area contributed by atoms with Crippen molar-refractivity contribution in [2.45, 2.75) is 45.1 Å². The first-order valence-corrected chi connectivity index (χ1v) is 7.73. The van der Waals surface area contributed by atoms with Crippen molar-refractivity contribution in [3.8, 4) is 0 Å². The van der Waals surface area contributed by atoms with E-state index in [1.807, 2.05) is 0 Å². The van der Waals surface area contributed by atoms with Crippen LogP contribution >= 0.6 is 0 Å². The maximum atomic E-state index is 12.2. The minimum atomic E-state index is -0.823. The van der Waals surface area contributed by atoms with Crippen molar-refractivity contribution < 1.29 is 14.7 Å². The first kappa shape index (κ1) is 15.3. The van der Waals surface area contributed by atoms with Gasteiger partial charge in [-0.3, -0.25) is 9.59 Å². The van der Waals surface area contributed by atoms with Gasteiger partial charge in [0, 0.05) is 19.1 Å². The van der Waals surface area contributed by atoms with Crippen LogP contribution in [0.4, 0.5) is 0 Å². The summed E-state index contributed by atoms with van der Waals surface area (Å²) >= 11 is 0. The zero-order valence-electron chi connectivity index (χ0n) is 12.5. The Hall–Kier alpha value is -1.10. The molecule has 20 heavy (non-hydrogen) atoms. The summed E-state index contributed by atoms with van der Waals surface area (Å²) in [6.07, 6.45) is 4.83. The molecule has 0 aliphatic heterocycles. The highest BCUT2D eigenvalue weighted by Gasteiger charge is 2.41. The Labute approximate surface area is 120 Å². The normalized spacial score (nSPS) is 29.6. The Kier molecular flexibility index (Phi) is 5.02. The molecule has 3 atom stereocenters. The minimum absolute atomic E-state index is 0.0717. The van der Waals surface area contributed by atoms with Crippen molar-refractivity contribution in [2.75, 3.05) is 20.1 Å². The number of hydrogen-bond acceptors (Lipinski definition) is 3. The summed E-state index contributed by atoms with van der Waals surface area (Å²) in [5.41, 5.74) is 0. The summed E-state index contributed by atoms with van der Waals surface area (Å²) in [5, 5.41) is 12.2. The molecule has 5 heteroatoms. The van der Waals surface area contributed by atoms with E-state index >= 15 is 0 Å². The Bertz CT molecular complexity index is 368. The largest absolute Gasteiger partial charge is 0.481 e. The molecule has 0 saturated heterocycles. The fourth-order valence-corrected chi connectivity index (χ4v) is 3.22. The molecular weight excluding hydrogens is 256 g/mol. The third kappa shape index (κ3) is 3.72. The number of amides is 1. The number of rotatable bonds is 7. The zero-order valence-corrected chi connectivity index (χ0v) is 12.5. The lowest BCUT2D eigenvalue weighted by atomic mass is 9.95. The van der Waals surface area contributed by atoms with Gasteiger partial charge < -0.3 is 15.3 Å². The van der Waals surface area contributed by atoms with Gasteiger partial charge in [0.25, 0.3) is 0 Å². The third-order valence-corrected chi connectivity index (χ3v) is 4.83. The lowest BCUT2D eigenvalue weighted by molar-refractivity contribution is -0.146. The number of carboxylic acid groups (broad SMARTS) is 1. The summed E-state index contributed by atoms with van der Waals surface area (Å²) < 4.78 is 0. The highest BCUT2D eigenvalue weighted by Crippen LogP contribution is 2.38. The van der Waals surface area contributed by atoms with Gasteiger partial charge in [-0.2, -0.15) is 0 Å². The molecule has 0 spiro atoms. The Morgan fingerprint density at radius 2 is 1.90 bits per heavy atom. The first-order chi connectivity index (χ1) is 9.52. The number of likely N-dealkylation sites (N-methyl/N-ethyl adjacent to an activating group) is 1. The van der Waals surface area contributed by atoms with Gasteiger partial charge in [0.05, 0.1) is 11.8 Å². The smallest absolute Gasteiger partial charge is 0.307 e. The molecule has 3 unspecified atom stereocenters. The van der Waals surface area contributed by atoms with Crippen LogP contribution < -0.4 is 5.32 Å². The van der Waals surface area contributed by atoms with Crippen molar-refractivity contribution >= 4 is 11.9 Å². The van der Waals surface area contributed by atoms with Gasteiger partial charge in [0.15, 0.2) is 0 Å². The summed E-state index contributed by atoms with van der Waals surface area (Å²) in [6.45, 7) is 3.53. The van der Waals surface area contributed by atoms with Gasteiger partial charge in [-0.1, -0.05) is 13.3 Å². The molecule has 0 aromatic rings. The monoisotopic (exact) mass is 282 g/mol. The molecule has 114 valence electrons. The van der Waals surface area contributed by atoms with Crippen LogP contribution in [0.25, 0.3) is 0 Å². The van der Waals surface area contributed by atoms with Gasteiger partial charge in [-0.15, -0.1) is 0 Å². The molecule has 1 amide bonds. The highest BCUT2D eigenvalue weighted by atomic mass is 16.4. The second-order valence-corrected chi connectivity index (χ2v) is 6.30. The molecule has 2 aliphatic carbocycles. The number of nitrogens with zero attached hydrogens (tertiary/aromatic N) is 1. The maximum absolute atomic E-state index is 12.2. The third-order valence-electron chi connectivity index (χ3n) is 4.83. The summed E-state index contributed by atoms with van der Waals surface area (Å²) in [4.78, 5) is 25.7. The molecule has 0 aromatic heterocycles. The molecule has 5 nitrogen and oxygen atoms in total. The molecule has 2 fully saturated rings. The lowest BCUT2D eigenvalue weighted by Crippen LogP contribution is -2.39. The van der Waals surface area contributed by atoms with E-state index < -0.39 is 11.9 Å². The number of carboxylic acids is 1. The molecule has 2 saturated carbocycles. The first-order valence-electron chi connectivity index (χ1n) is 7.73. The van der Waals surface area contributed by atoms with Crippen LogP contribution in [0, 0.1) is 17.8 Å². The van der Waals surface area contributed by atoms with Crippen LogP contribution in [-0.4, -0.2) is 48.1 Å². The van der Waals surface area contributed by atoms with Crippen molar-refractivity contribution in [1.82, 2.24) is 10.2 Å². The zero-order chi connectivity index (χ0) is 14.7. The second-order valence-electron chi connectivity index (χ2n) is 6.30. The van der Waals surface area contributed by atoms with E-state index in [2.05, 4.69) is 24.2 Å². The molecular formula is C15H26N2O3. The van der Waals surface area contributed by atoms with E-state index in [9.17, 15) is 14.7 Å². The fourth-order valence-electron chi connectivity index (χ4n) is 3.22.